The molecule has 39 heavy (non-hydrogen) atoms. The van der Waals surface area contributed by atoms with E-state index in [4.69, 9.17) is 23.2 Å². The second-order valence-electron chi connectivity index (χ2n) is 9.62. The lowest BCUT2D eigenvalue weighted by molar-refractivity contribution is -0.139. The maximum Gasteiger partial charge on any atom is 0.264 e. The number of hydrogen-bond donors (Lipinski definition) is 1. The second kappa shape index (κ2) is 12.9. The van der Waals surface area contributed by atoms with Crippen molar-refractivity contribution >= 4 is 50.7 Å². The second-order valence-corrected chi connectivity index (χ2v) is 12.4. The standard InChI is InChI=1S/C29H31Cl2N3O4S/c1-21(29(36)32-25-7-5-6-8-25)33(19-22-11-13-23(30)14-12-22)28(35)20-34(26-9-3-2-4-10-26)39(37,38)27-17-15-24(31)16-18-27/h2-4,9-18,21,25H,5-8,19-20H2,1H3,(H,32,36)/t21-/m1/s1. The zero-order valence-electron chi connectivity index (χ0n) is 21.6. The average molecular weight is 589 g/mol. The Morgan fingerprint density at radius 3 is 2.05 bits per heavy atom. The highest BCUT2D eigenvalue weighted by Crippen LogP contribution is 2.26. The number of amides is 2. The Kier molecular flexibility index (Phi) is 9.53. The van der Waals surface area contributed by atoms with E-state index in [0.717, 1.165) is 35.6 Å². The fraction of sp³-hybridized carbons (Fsp3) is 0.310. The zero-order chi connectivity index (χ0) is 28.0. The van der Waals surface area contributed by atoms with Crippen molar-refractivity contribution in [3.63, 3.8) is 0 Å². The molecule has 4 rings (SSSR count). The van der Waals surface area contributed by atoms with Crippen LogP contribution in [0.1, 0.15) is 38.2 Å². The Morgan fingerprint density at radius 1 is 0.897 bits per heavy atom. The lowest BCUT2D eigenvalue weighted by Crippen LogP contribution is -2.52. The van der Waals surface area contributed by atoms with Gasteiger partial charge in [-0.2, -0.15) is 0 Å². The first-order valence-electron chi connectivity index (χ1n) is 12.8. The van der Waals surface area contributed by atoms with Gasteiger partial charge in [0.05, 0.1) is 10.6 Å². The van der Waals surface area contributed by atoms with Crippen LogP contribution in [-0.2, 0) is 26.2 Å². The van der Waals surface area contributed by atoms with Gasteiger partial charge in [-0.05, 0) is 73.9 Å². The van der Waals surface area contributed by atoms with E-state index < -0.39 is 28.5 Å². The van der Waals surface area contributed by atoms with E-state index in [1.807, 2.05) is 0 Å². The van der Waals surface area contributed by atoms with Gasteiger partial charge in [-0.1, -0.05) is 66.4 Å². The van der Waals surface area contributed by atoms with E-state index in [1.165, 1.54) is 29.2 Å². The molecule has 0 spiro atoms. The number of hydrogen-bond acceptors (Lipinski definition) is 4. The number of carbonyl (C=O) groups excluding carboxylic acids is 2. The molecule has 3 aromatic rings. The number of sulfonamides is 1. The lowest BCUT2D eigenvalue weighted by Gasteiger charge is -2.32. The number of benzene rings is 3. The Morgan fingerprint density at radius 2 is 1.46 bits per heavy atom. The lowest BCUT2D eigenvalue weighted by atomic mass is 10.1. The summed E-state index contributed by atoms with van der Waals surface area (Å²) in [5, 5.41) is 4.00. The number of anilines is 1. The summed E-state index contributed by atoms with van der Waals surface area (Å²) in [4.78, 5) is 28.5. The van der Waals surface area contributed by atoms with Crippen molar-refractivity contribution in [2.45, 2.75) is 56.1 Å². The largest absolute Gasteiger partial charge is 0.352 e. The topological polar surface area (TPSA) is 86.8 Å². The van der Waals surface area contributed by atoms with Crippen molar-refractivity contribution in [1.29, 1.82) is 0 Å². The first-order valence-corrected chi connectivity index (χ1v) is 15.0. The van der Waals surface area contributed by atoms with Crippen LogP contribution >= 0.6 is 23.2 Å². The van der Waals surface area contributed by atoms with Gasteiger partial charge >= 0.3 is 0 Å². The van der Waals surface area contributed by atoms with Crippen LogP contribution in [0, 0.1) is 0 Å². The van der Waals surface area contributed by atoms with Crippen molar-refractivity contribution in [1.82, 2.24) is 10.2 Å². The van der Waals surface area contributed by atoms with Crippen molar-refractivity contribution in [2.24, 2.45) is 0 Å². The molecule has 206 valence electrons. The van der Waals surface area contributed by atoms with Crippen LogP contribution in [0.2, 0.25) is 10.0 Å². The van der Waals surface area contributed by atoms with Crippen LogP contribution in [0.3, 0.4) is 0 Å². The van der Waals surface area contributed by atoms with E-state index in [1.54, 1.807) is 61.5 Å². The Labute approximate surface area is 239 Å². The summed E-state index contributed by atoms with van der Waals surface area (Å²) in [6.45, 7) is 1.28. The molecule has 0 aromatic heterocycles. The van der Waals surface area contributed by atoms with Gasteiger partial charge in [0.1, 0.15) is 12.6 Å². The molecule has 1 N–H and O–H groups in total. The molecule has 1 atom stereocenters. The predicted molar refractivity (Wildman–Crippen MR) is 154 cm³/mol. The molecule has 1 aliphatic carbocycles. The SMILES string of the molecule is C[C@H](C(=O)NC1CCCC1)N(Cc1ccc(Cl)cc1)C(=O)CN(c1ccccc1)S(=O)(=O)c1ccc(Cl)cc1. The highest BCUT2D eigenvalue weighted by Gasteiger charge is 2.33. The van der Waals surface area contributed by atoms with Crippen molar-refractivity contribution < 1.29 is 18.0 Å². The minimum atomic E-state index is -4.13. The van der Waals surface area contributed by atoms with Crippen molar-refractivity contribution in [2.75, 3.05) is 10.8 Å². The molecule has 1 aliphatic rings. The van der Waals surface area contributed by atoms with Gasteiger partial charge in [0.25, 0.3) is 10.0 Å². The fourth-order valence-electron chi connectivity index (χ4n) is 4.62. The van der Waals surface area contributed by atoms with Gasteiger partial charge in [-0.25, -0.2) is 8.42 Å². The molecule has 0 bridgehead atoms. The quantitative estimate of drug-likeness (QED) is 0.331. The summed E-state index contributed by atoms with van der Waals surface area (Å²) in [5.74, 6) is -0.781. The van der Waals surface area contributed by atoms with Gasteiger partial charge in [-0.3, -0.25) is 13.9 Å². The molecule has 0 unspecified atom stereocenters. The molecule has 1 fully saturated rings. The molecule has 1 saturated carbocycles. The minimum Gasteiger partial charge on any atom is -0.352 e. The highest BCUT2D eigenvalue weighted by atomic mass is 35.5. The molecule has 0 radical (unpaired) electrons. The van der Waals surface area contributed by atoms with Crippen LogP contribution < -0.4 is 9.62 Å². The minimum absolute atomic E-state index is 0.000158. The van der Waals surface area contributed by atoms with E-state index in [-0.39, 0.29) is 23.4 Å². The van der Waals surface area contributed by atoms with Gasteiger partial charge < -0.3 is 10.2 Å². The molecular formula is C29H31Cl2N3O4S. The number of carbonyl (C=O) groups is 2. The molecular weight excluding hydrogens is 557 g/mol. The number of halogens is 2. The summed E-state index contributed by atoms with van der Waals surface area (Å²) < 4.78 is 28.6. The molecule has 2 amide bonds. The molecule has 0 aliphatic heterocycles. The maximum absolute atomic E-state index is 13.9. The van der Waals surface area contributed by atoms with Gasteiger partial charge in [0.15, 0.2) is 0 Å². The van der Waals surface area contributed by atoms with Crippen molar-refractivity contribution in [3.8, 4) is 0 Å². The molecule has 10 heteroatoms. The van der Waals surface area contributed by atoms with E-state index in [2.05, 4.69) is 5.32 Å². The highest BCUT2D eigenvalue weighted by molar-refractivity contribution is 7.92. The number of rotatable bonds is 10. The number of nitrogens with one attached hydrogen (secondary N) is 1. The van der Waals surface area contributed by atoms with Gasteiger partial charge in [0, 0.05) is 22.6 Å². The third kappa shape index (κ3) is 7.32. The summed E-state index contributed by atoms with van der Waals surface area (Å²) in [6, 6.07) is 20.4. The Bertz CT molecular complexity index is 1380. The van der Waals surface area contributed by atoms with Crippen LogP contribution in [0.25, 0.3) is 0 Å². The number of para-hydroxylation sites is 1. The van der Waals surface area contributed by atoms with Crippen LogP contribution in [0.15, 0.2) is 83.8 Å². The molecule has 7 nitrogen and oxygen atoms in total. The van der Waals surface area contributed by atoms with Gasteiger partial charge in [-0.15, -0.1) is 0 Å². The monoisotopic (exact) mass is 587 g/mol. The molecule has 0 heterocycles. The van der Waals surface area contributed by atoms with Gasteiger partial charge in [0.2, 0.25) is 11.8 Å². The summed E-state index contributed by atoms with van der Waals surface area (Å²) in [7, 11) is -4.13. The Balaban J connectivity index is 1.66. The summed E-state index contributed by atoms with van der Waals surface area (Å²) in [6.07, 6.45) is 3.93. The Hall–Kier alpha value is -3.07. The van der Waals surface area contributed by atoms with E-state index in [9.17, 15) is 18.0 Å². The molecule has 0 saturated heterocycles. The predicted octanol–water partition coefficient (Wildman–Crippen LogP) is 5.66. The first-order chi connectivity index (χ1) is 18.6. The van der Waals surface area contributed by atoms with Crippen LogP contribution in [0.4, 0.5) is 5.69 Å². The maximum atomic E-state index is 13.9. The number of nitrogens with zero attached hydrogens (tertiary/aromatic N) is 2. The summed E-state index contributed by atoms with van der Waals surface area (Å²) in [5.41, 5.74) is 1.09. The fourth-order valence-corrected chi connectivity index (χ4v) is 6.28. The average Bonchev–Trinajstić information content (AvgIpc) is 3.44. The van der Waals surface area contributed by atoms with Crippen LogP contribution in [0.5, 0.6) is 0 Å². The zero-order valence-corrected chi connectivity index (χ0v) is 23.9. The first kappa shape index (κ1) is 28.9. The third-order valence-electron chi connectivity index (χ3n) is 6.86. The van der Waals surface area contributed by atoms with Crippen molar-refractivity contribution in [3.05, 3.63) is 94.5 Å². The van der Waals surface area contributed by atoms with E-state index >= 15 is 0 Å². The van der Waals surface area contributed by atoms with Crippen LogP contribution in [-0.4, -0.2) is 43.8 Å². The smallest absolute Gasteiger partial charge is 0.264 e. The summed E-state index contributed by atoms with van der Waals surface area (Å²) >= 11 is 12.0. The normalized spacial score (nSPS) is 14.5. The molecule has 3 aromatic carbocycles. The van der Waals surface area contributed by atoms with E-state index in [0.29, 0.717) is 15.7 Å². The third-order valence-corrected chi connectivity index (χ3v) is 9.15.